The lowest BCUT2D eigenvalue weighted by Crippen LogP contribution is -1.93. The molecule has 0 rings (SSSR count). The van der Waals surface area contributed by atoms with Gasteiger partial charge in [0.25, 0.3) is 0 Å². The molecule has 2 N–H and O–H groups in total. The normalized spacial score (nSPS) is 11.3. The molecular weight excluding hydrogens is 545 g/mol. The second-order valence-electron chi connectivity index (χ2n) is 11.2. The lowest BCUT2D eigenvalue weighted by molar-refractivity contribution is -0.138. The lowest BCUT2D eigenvalue weighted by Gasteiger charge is -2.04. The van der Waals surface area contributed by atoms with Gasteiger partial charge in [-0.25, -0.2) is 0 Å². The Balaban J connectivity index is 3.04. The molecule has 0 aromatic rings. The van der Waals surface area contributed by atoms with E-state index in [0.29, 0.717) is 12.8 Å². The minimum atomic E-state index is -0.658. The van der Waals surface area contributed by atoms with E-state index in [4.69, 9.17) is 10.2 Å². The number of carboxylic acid groups (broad SMARTS) is 2. The molecule has 7 heteroatoms. The van der Waals surface area contributed by atoms with Gasteiger partial charge in [-0.05, 0) is 35.5 Å². The summed E-state index contributed by atoms with van der Waals surface area (Å²) in [5.74, 6) is 1.29. The average Bonchev–Trinajstić information content (AvgIpc) is 2.91. The van der Waals surface area contributed by atoms with Gasteiger partial charge in [-0.3, -0.25) is 9.59 Å². The van der Waals surface area contributed by atoms with E-state index < -0.39 is 11.9 Å². The van der Waals surface area contributed by atoms with Crippen molar-refractivity contribution in [1.29, 1.82) is 0 Å². The van der Waals surface area contributed by atoms with Crippen molar-refractivity contribution in [2.75, 3.05) is 11.5 Å². The van der Waals surface area contributed by atoms with Gasteiger partial charge in [0, 0.05) is 24.3 Å². The molecule has 0 aliphatic rings. The fourth-order valence-electron chi connectivity index (χ4n) is 4.87. The van der Waals surface area contributed by atoms with Gasteiger partial charge >= 0.3 is 11.9 Å². The molecule has 0 aromatic carbocycles. The third kappa shape index (κ3) is 38.0. The van der Waals surface area contributed by atoms with Crippen molar-refractivity contribution in [2.45, 2.75) is 180 Å². The molecule has 0 spiro atoms. The Morgan fingerprint density at radius 3 is 0.769 bits per heavy atom. The molecule has 0 atom stereocenters. The summed E-state index contributed by atoms with van der Waals surface area (Å²) in [4.78, 5) is 20.9. The maximum absolute atomic E-state index is 10.5. The zero-order valence-corrected chi connectivity index (χ0v) is 27.6. The maximum Gasteiger partial charge on any atom is 0.303 e. The smallest absolute Gasteiger partial charge is 0.303 e. The molecule has 232 valence electrons. The van der Waals surface area contributed by atoms with Crippen molar-refractivity contribution >= 4 is 43.4 Å². The first kappa shape index (κ1) is 39.0. The highest BCUT2D eigenvalue weighted by Gasteiger charge is 1.99. The molecule has 0 unspecified atom stereocenters. The molecule has 0 heterocycles. The van der Waals surface area contributed by atoms with E-state index in [2.05, 4.69) is 21.6 Å². The highest BCUT2D eigenvalue weighted by molar-refractivity contribution is 9.09. The number of unbranched alkanes of at least 4 members (excludes halogenated alkanes) is 24. The quantitative estimate of drug-likeness (QED) is 0.0557. The zero-order valence-electron chi connectivity index (χ0n) is 25.1. The van der Waals surface area contributed by atoms with Gasteiger partial charge in [0.05, 0.1) is 0 Å². The van der Waals surface area contributed by atoms with E-state index in [-0.39, 0.29) is 0 Å². The number of hydrogen-bond acceptors (Lipinski definition) is 5. The third-order valence-electron chi connectivity index (χ3n) is 7.33. The molecule has 0 aliphatic heterocycles. The van der Waals surface area contributed by atoms with Crippen molar-refractivity contribution in [3.63, 3.8) is 0 Å². The Bertz CT molecular complexity index is 476. The van der Waals surface area contributed by atoms with Crippen molar-refractivity contribution in [3.8, 4) is 0 Å². The van der Waals surface area contributed by atoms with Crippen LogP contribution in [0.5, 0.6) is 0 Å². The summed E-state index contributed by atoms with van der Waals surface area (Å²) in [5, 5.41) is 17.2. The molecule has 0 fully saturated rings. The van der Waals surface area contributed by atoms with Crippen LogP contribution in [0.4, 0.5) is 0 Å². The van der Waals surface area contributed by atoms with Crippen LogP contribution in [0.1, 0.15) is 180 Å². The monoisotopic (exact) mass is 606 g/mol. The van der Waals surface area contributed by atoms with Crippen LogP contribution in [0.3, 0.4) is 0 Å². The molecule has 0 aromatic heterocycles. The average molecular weight is 607 g/mol. The zero-order chi connectivity index (χ0) is 28.5. The summed E-state index contributed by atoms with van der Waals surface area (Å²) in [5.41, 5.74) is 0. The van der Waals surface area contributed by atoms with E-state index in [0.717, 1.165) is 25.7 Å². The predicted molar refractivity (Wildman–Crippen MR) is 177 cm³/mol. The molecule has 39 heavy (non-hydrogen) atoms. The van der Waals surface area contributed by atoms with E-state index >= 15 is 0 Å². The van der Waals surface area contributed by atoms with Gasteiger partial charge in [-0.2, -0.15) is 0 Å². The Labute approximate surface area is 253 Å². The number of hydrogen-bond donors (Lipinski definition) is 2. The Hall–Kier alpha value is -0.0100. The minimum absolute atomic E-state index is 0.335. The van der Waals surface area contributed by atoms with Crippen molar-refractivity contribution in [1.82, 2.24) is 0 Å². The largest absolute Gasteiger partial charge is 0.481 e. The van der Waals surface area contributed by atoms with Crippen LogP contribution in [0, 0.1) is 0 Å². The number of carboxylic acids is 2. The van der Waals surface area contributed by atoms with Crippen LogP contribution >= 0.6 is 31.4 Å². The summed E-state index contributed by atoms with van der Waals surface area (Å²) in [7, 11) is 6.12. The summed E-state index contributed by atoms with van der Waals surface area (Å²) in [6.45, 7) is 0. The summed E-state index contributed by atoms with van der Waals surface area (Å²) in [6.07, 6.45) is 34.3. The van der Waals surface area contributed by atoms with E-state index in [1.165, 1.54) is 153 Å². The highest BCUT2D eigenvalue weighted by Crippen LogP contribution is 2.35. The van der Waals surface area contributed by atoms with Crippen LogP contribution in [0.15, 0.2) is 0 Å². The van der Waals surface area contributed by atoms with Crippen LogP contribution in [-0.2, 0) is 9.59 Å². The molecule has 0 radical (unpaired) electrons. The number of aliphatic carboxylic acids is 2. The molecule has 0 aliphatic carbocycles. The van der Waals surface area contributed by atoms with Gasteiger partial charge in [-0.15, -0.1) is 0 Å². The van der Waals surface area contributed by atoms with Crippen LogP contribution in [0.2, 0.25) is 0 Å². The molecule has 4 nitrogen and oxygen atoms in total. The van der Waals surface area contributed by atoms with E-state index in [9.17, 15) is 9.59 Å². The van der Waals surface area contributed by atoms with Crippen LogP contribution in [-0.4, -0.2) is 33.7 Å². The lowest BCUT2D eigenvalue weighted by atomic mass is 10.0. The molecule has 0 amide bonds. The predicted octanol–water partition coefficient (Wildman–Crippen LogP) is 12.1. The van der Waals surface area contributed by atoms with Crippen molar-refractivity contribution in [3.05, 3.63) is 0 Å². The first-order valence-corrected chi connectivity index (χ1v) is 20.3. The highest BCUT2D eigenvalue weighted by atomic mass is 33.5. The Kier molecular flexibility index (Phi) is 34.2. The second kappa shape index (κ2) is 34.2. The maximum atomic E-state index is 10.5. The van der Waals surface area contributed by atoms with Gasteiger partial charge in [0.15, 0.2) is 0 Å². The van der Waals surface area contributed by atoms with Gasteiger partial charge < -0.3 is 10.2 Å². The summed E-state index contributed by atoms with van der Waals surface area (Å²) in [6, 6.07) is 0. The van der Waals surface area contributed by atoms with Crippen molar-refractivity contribution < 1.29 is 19.8 Å². The first-order chi connectivity index (χ1) is 19.1. The topological polar surface area (TPSA) is 74.6 Å². The van der Waals surface area contributed by atoms with Crippen molar-refractivity contribution in [2.24, 2.45) is 0 Å². The van der Waals surface area contributed by atoms with Crippen LogP contribution < -0.4 is 0 Å². The van der Waals surface area contributed by atoms with Gasteiger partial charge in [0.1, 0.15) is 0 Å². The Morgan fingerprint density at radius 1 is 0.333 bits per heavy atom. The molecule has 0 bridgehead atoms. The molecule has 0 saturated heterocycles. The van der Waals surface area contributed by atoms with E-state index in [1.54, 1.807) is 0 Å². The number of carbonyl (C=O) groups is 2. The van der Waals surface area contributed by atoms with Crippen LogP contribution in [0.25, 0.3) is 0 Å². The van der Waals surface area contributed by atoms with Gasteiger partial charge in [0.2, 0.25) is 0 Å². The fraction of sp³-hybridized carbons (Fsp3) is 0.938. The van der Waals surface area contributed by atoms with Gasteiger partial charge in [-0.1, -0.05) is 163 Å². The second-order valence-corrected chi connectivity index (χ2v) is 15.7. The third-order valence-corrected chi connectivity index (χ3v) is 11.7. The summed E-state index contributed by atoms with van der Waals surface area (Å²) < 4.78 is 0. The molecule has 0 saturated carbocycles. The SMILES string of the molecule is O=C(O)CCCCCCCCCCCCCCCSSSCCCCCCCCCCCCCCCC(=O)O. The van der Waals surface area contributed by atoms with E-state index in [1.807, 2.05) is 9.83 Å². The standard InChI is InChI=1S/C32H62O4S3/c33-31(34)27-23-19-15-11-7-3-1-5-9-13-17-21-25-29-37-39-38-30-26-22-18-14-10-6-2-4-8-12-16-20-24-28-32(35)36/h1-30H2,(H,33,34)(H,35,36). The first-order valence-electron chi connectivity index (χ1n) is 16.5. The Morgan fingerprint density at radius 2 is 0.538 bits per heavy atom. The molecular formula is C32H62O4S3. The summed E-state index contributed by atoms with van der Waals surface area (Å²) >= 11 is 0. The minimum Gasteiger partial charge on any atom is -0.481 e. The fourth-order valence-corrected chi connectivity index (χ4v) is 8.87. The number of rotatable bonds is 34.